The van der Waals surface area contributed by atoms with Gasteiger partial charge in [0.05, 0.1) is 5.60 Å². The highest BCUT2D eigenvalue weighted by Gasteiger charge is 2.35. The van der Waals surface area contributed by atoms with Gasteiger partial charge in [-0.1, -0.05) is 0 Å². The number of hydrogen-bond donors (Lipinski definition) is 1. The average Bonchev–Trinajstić information content (AvgIpc) is 3.02. The van der Waals surface area contributed by atoms with Gasteiger partial charge in [-0.2, -0.15) is 0 Å². The summed E-state index contributed by atoms with van der Waals surface area (Å²) in [6, 6.07) is 1.63. The molecule has 1 N–H and O–H groups in total. The first-order chi connectivity index (χ1) is 8.62. The molecule has 1 saturated carbocycles. The molecule has 2 heterocycles. The lowest BCUT2D eigenvalue weighted by atomic mass is 9.93. The minimum absolute atomic E-state index is 0.0905. The van der Waals surface area contributed by atoms with E-state index in [4.69, 9.17) is 4.74 Å². The van der Waals surface area contributed by atoms with E-state index < -0.39 is 0 Å². The van der Waals surface area contributed by atoms with Crippen LogP contribution in [0.25, 0.3) is 0 Å². The van der Waals surface area contributed by atoms with Crippen molar-refractivity contribution in [1.82, 2.24) is 10.2 Å². The summed E-state index contributed by atoms with van der Waals surface area (Å²) >= 11 is 0. The van der Waals surface area contributed by atoms with Gasteiger partial charge < -0.3 is 10.1 Å². The zero-order valence-corrected chi connectivity index (χ0v) is 12.0. The summed E-state index contributed by atoms with van der Waals surface area (Å²) in [4.78, 5) is 2.73. The number of nitrogens with one attached hydrogen (secondary N) is 1. The molecule has 0 amide bonds. The Morgan fingerprint density at radius 3 is 2.78 bits per heavy atom. The molecule has 0 aromatic heterocycles. The van der Waals surface area contributed by atoms with E-state index in [9.17, 15) is 0 Å². The quantitative estimate of drug-likeness (QED) is 0.828. The van der Waals surface area contributed by atoms with Gasteiger partial charge in [-0.3, -0.25) is 4.90 Å². The Bertz CT molecular complexity index is 288. The standard InChI is InChI=1S/C15H28N2O/c1-15(2)9-14(6-8-18-15)17-7-5-12(11-17)10-16-13-3-4-13/h12-14,16H,3-11H2,1-2H3. The molecule has 0 radical (unpaired) electrons. The van der Waals surface area contributed by atoms with Crippen LogP contribution in [0.3, 0.4) is 0 Å². The lowest BCUT2D eigenvalue weighted by Crippen LogP contribution is -2.45. The van der Waals surface area contributed by atoms with Crippen molar-refractivity contribution >= 4 is 0 Å². The number of rotatable bonds is 4. The first-order valence-corrected chi connectivity index (χ1v) is 7.74. The molecular formula is C15H28N2O. The van der Waals surface area contributed by atoms with E-state index in [1.165, 1.54) is 51.7 Å². The van der Waals surface area contributed by atoms with Gasteiger partial charge in [-0.25, -0.2) is 0 Å². The number of nitrogens with zero attached hydrogens (tertiary/aromatic N) is 1. The van der Waals surface area contributed by atoms with Crippen LogP contribution >= 0.6 is 0 Å². The molecule has 18 heavy (non-hydrogen) atoms. The summed E-state index contributed by atoms with van der Waals surface area (Å²) in [5.74, 6) is 0.886. The highest BCUT2D eigenvalue weighted by Crippen LogP contribution is 2.30. The van der Waals surface area contributed by atoms with E-state index in [1.807, 2.05) is 0 Å². The van der Waals surface area contributed by atoms with Crippen LogP contribution in [0.15, 0.2) is 0 Å². The molecule has 0 aromatic carbocycles. The van der Waals surface area contributed by atoms with Crippen molar-refractivity contribution in [3.63, 3.8) is 0 Å². The zero-order chi connectivity index (χ0) is 12.6. The Morgan fingerprint density at radius 1 is 1.22 bits per heavy atom. The Balaban J connectivity index is 1.45. The van der Waals surface area contributed by atoms with Gasteiger partial charge in [0, 0.05) is 25.2 Å². The van der Waals surface area contributed by atoms with Crippen molar-refractivity contribution in [3.8, 4) is 0 Å². The fourth-order valence-corrected chi connectivity index (χ4v) is 3.49. The largest absolute Gasteiger partial charge is 0.375 e. The summed E-state index contributed by atoms with van der Waals surface area (Å²) in [7, 11) is 0. The minimum Gasteiger partial charge on any atom is -0.375 e. The predicted octanol–water partition coefficient (Wildman–Crippen LogP) is 2.02. The normalized spacial score (nSPS) is 37.0. The molecule has 0 spiro atoms. The van der Waals surface area contributed by atoms with Crippen LogP contribution in [0.5, 0.6) is 0 Å². The maximum absolute atomic E-state index is 5.83. The second kappa shape index (κ2) is 5.10. The van der Waals surface area contributed by atoms with Crippen molar-refractivity contribution in [2.75, 3.05) is 26.2 Å². The highest BCUT2D eigenvalue weighted by atomic mass is 16.5. The van der Waals surface area contributed by atoms with Crippen LogP contribution in [0.1, 0.15) is 46.0 Å². The van der Waals surface area contributed by atoms with Gasteiger partial charge in [0.2, 0.25) is 0 Å². The first-order valence-electron chi connectivity index (χ1n) is 7.74. The SMILES string of the molecule is CC1(C)CC(N2CCC(CNC3CC3)C2)CCO1. The van der Waals surface area contributed by atoms with Crippen molar-refractivity contribution in [3.05, 3.63) is 0 Å². The molecule has 1 aliphatic carbocycles. The lowest BCUT2D eigenvalue weighted by Gasteiger charge is -2.40. The van der Waals surface area contributed by atoms with E-state index in [1.54, 1.807) is 0 Å². The molecule has 0 bridgehead atoms. The number of hydrogen-bond acceptors (Lipinski definition) is 3. The summed E-state index contributed by atoms with van der Waals surface area (Å²) in [5.41, 5.74) is 0.0905. The molecule has 2 saturated heterocycles. The third kappa shape index (κ3) is 3.25. The van der Waals surface area contributed by atoms with Crippen LogP contribution in [0, 0.1) is 5.92 Å². The Morgan fingerprint density at radius 2 is 2.06 bits per heavy atom. The molecule has 3 fully saturated rings. The van der Waals surface area contributed by atoms with Gasteiger partial charge in [0.1, 0.15) is 0 Å². The highest BCUT2D eigenvalue weighted by molar-refractivity contribution is 4.90. The number of likely N-dealkylation sites (tertiary alicyclic amines) is 1. The summed E-state index contributed by atoms with van der Waals surface area (Å²) < 4.78 is 5.83. The van der Waals surface area contributed by atoms with E-state index in [0.29, 0.717) is 0 Å². The smallest absolute Gasteiger partial charge is 0.0641 e. The molecule has 104 valence electrons. The maximum Gasteiger partial charge on any atom is 0.0641 e. The third-order valence-corrected chi connectivity index (χ3v) is 4.78. The predicted molar refractivity (Wildman–Crippen MR) is 73.8 cm³/mol. The van der Waals surface area contributed by atoms with Gasteiger partial charge in [0.15, 0.2) is 0 Å². The van der Waals surface area contributed by atoms with E-state index >= 15 is 0 Å². The van der Waals surface area contributed by atoms with Crippen LogP contribution in [-0.2, 0) is 4.74 Å². The van der Waals surface area contributed by atoms with Gasteiger partial charge in [-0.05, 0) is 65.0 Å². The van der Waals surface area contributed by atoms with E-state index in [0.717, 1.165) is 24.6 Å². The van der Waals surface area contributed by atoms with Gasteiger partial charge in [-0.15, -0.1) is 0 Å². The summed E-state index contributed by atoms with van der Waals surface area (Å²) in [6.07, 6.45) is 6.63. The second-order valence-corrected chi connectivity index (χ2v) is 7.09. The molecule has 2 atom stereocenters. The minimum atomic E-state index is 0.0905. The first kappa shape index (κ1) is 12.9. The van der Waals surface area contributed by atoms with Gasteiger partial charge >= 0.3 is 0 Å². The summed E-state index contributed by atoms with van der Waals surface area (Å²) in [6.45, 7) is 9.27. The van der Waals surface area contributed by atoms with Crippen LogP contribution in [-0.4, -0.2) is 48.8 Å². The lowest BCUT2D eigenvalue weighted by molar-refractivity contribution is -0.0806. The van der Waals surface area contributed by atoms with E-state index in [-0.39, 0.29) is 5.60 Å². The fourth-order valence-electron chi connectivity index (χ4n) is 3.49. The van der Waals surface area contributed by atoms with Gasteiger partial charge in [0.25, 0.3) is 0 Å². The van der Waals surface area contributed by atoms with Crippen LogP contribution in [0.4, 0.5) is 0 Å². The number of ether oxygens (including phenoxy) is 1. The zero-order valence-electron chi connectivity index (χ0n) is 12.0. The molecule has 2 unspecified atom stereocenters. The molecule has 3 nitrogen and oxygen atoms in total. The fraction of sp³-hybridized carbons (Fsp3) is 1.00. The summed E-state index contributed by atoms with van der Waals surface area (Å²) in [5, 5.41) is 3.69. The average molecular weight is 252 g/mol. The van der Waals surface area contributed by atoms with Crippen molar-refractivity contribution in [2.24, 2.45) is 5.92 Å². The van der Waals surface area contributed by atoms with E-state index in [2.05, 4.69) is 24.1 Å². The van der Waals surface area contributed by atoms with Crippen LogP contribution in [0.2, 0.25) is 0 Å². The van der Waals surface area contributed by atoms with Crippen molar-refractivity contribution in [2.45, 2.75) is 63.6 Å². The monoisotopic (exact) mass is 252 g/mol. The molecule has 3 aliphatic rings. The molecule has 3 rings (SSSR count). The second-order valence-electron chi connectivity index (χ2n) is 7.09. The molecular weight excluding hydrogens is 224 g/mol. The Hall–Kier alpha value is -0.120. The molecule has 3 heteroatoms. The Kier molecular flexibility index (Phi) is 3.65. The Labute approximate surface area is 111 Å². The topological polar surface area (TPSA) is 24.5 Å². The maximum atomic E-state index is 5.83. The third-order valence-electron chi connectivity index (χ3n) is 4.78. The van der Waals surface area contributed by atoms with Crippen LogP contribution < -0.4 is 5.32 Å². The molecule has 2 aliphatic heterocycles. The van der Waals surface area contributed by atoms with Crippen molar-refractivity contribution < 1.29 is 4.74 Å². The molecule has 0 aromatic rings. The van der Waals surface area contributed by atoms with Crippen molar-refractivity contribution in [1.29, 1.82) is 0 Å².